The Hall–Kier alpha value is -1.10. The summed E-state index contributed by atoms with van der Waals surface area (Å²) in [4.78, 5) is 0. The second-order valence-electron chi connectivity index (χ2n) is 5.29. The molecule has 2 N–H and O–H groups in total. The minimum Gasteiger partial charge on any atom is -0.353 e. The Labute approximate surface area is 143 Å². The Balaban J connectivity index is 2.04. The summed E-state index contributed by atoms with van der Waals surface area (Å²) in [7, 11) is 0. The van der Waals surface area contributed by atoms with E-state index in [0.29, 0.717) is 5.11 Å². The molecular weight excluding hydrogens is 368 g/mol. The molecule has 0 amide bonds. The highest BCUT2D eigenvalue weighted by Gasteiger charge is 2.43. The van der Waals surface area contributed by atoms with Gasteiger partial charge in [0.25, 0.3) is 0 Å². The molecule has 1 aliphatic rings. The van der Waals surface area contributed by atoms with Crippen LogP contribution in [0.4, 0.5) is 0 Å². The van der Waals surface area contributed by atoms with Crippen LogP contribution in [0.25, 0.3) is 0 Å². The van der Waals surface area contributed by atoms with E-state index in [1.807, 2.05) is 36.4 Å². The summed E-state index contributed by atoms with van der Waals surface area (Å²) in [6, 6.07) is 16.2. The van der Waals surface area contributed by atoms with Gasteiger partial charge in [-0.2, -0.15) is 0 Å². The molecule has 0 spiro atoms. The van der Waals surface area contributed by atoms with Gasteiger partial charge in [0.15, 0.2) is 5.11 Å². The molecule has 1 heterocycles. The van der Waals surface area contributed by atoms with Crippen LogP contribution in [0, 0.1) is 0 Å². The maximum absolute atomic E-state index is 5.99. The Morgan fingerprint density at radius 2 is 1.71 bits per heavy atom. The Morgan fingerprint density at radius 3 is 2.33 bits per heavy atom. The molecule has 2 aromatic carbocycles. The summed E-state index contributed by atoms with van der Waals surface area (Å²) in [5.74, 6) is 0. The summed E-state index contributed by atoms with van der Waals surface area (Å²) in [6.45, 7) is 2.15. The molecule has 2 unspecified atom stereocenters. The van der Waals surface area contributed by atoms with Gasteiger partial charge in [0.05, 0.1) is 11.6 Å². The highest BCUT2D eigenvalue weighted by Crippen LogP contribution is 2.38. The monoisotopic (exact) mass is 380 g/mol. The van der Waals surface area contributed by atoms with E-state index in [9.17, 15) is 0 Å². The SMILES string of the molecule is CC1(c2ccc(Br)cc2)NC(=S)NC1c1ccc(Cl)cc1. The fourth-order valence-corrected chi connectivity index (χ4v) is 3.45. The first kappa shape index (κ1) is 14.8. The van der Waals surface area contributed by atoms with E-state index >= 15 is 0 Å². The minimum atomic E-state index is -0.300. The lowest BCUT2D eigenvalue weighted by Crippen LogP contribution is -2.39. The van der Waals surface area contributed by atoms with E-state index in [-0.39, 0.29) is 11.6 Å². The molecular formula is C16H14BrClN2S. The molecule has 0 aliphatic carbocycles. The van der Waals surface area contributed by atoms with Crippen molar-refractivity contribution in [1.29, 1.82) is 0 Å². The zero-order chi connectivity index (χ0) is 15.0. The van der Waals surface area contributed by atoms with E-state index < -0.39 is 0 Å². The highest BCUT2D eigenvalue weighted by molar-refractivity contribution is 9.10. The topological polar surface area (TPSA) is 24.1 Å². The third kappa shape index (κ3) is 2.80. The summed E-state index contributed by atoms with van der Waals surface area (Å²) in [5.41, 5.74) is 2.03. The third-order valence-electron chi connectivity index (χ3n) is 3.87. The van der Waals surface area contributed by atoms with Crippen LogP contribution in [0.3, 0.4) is 0 Å². The molecule has 5 heteroatoms. The first-order valence-corrected chi connectivity index (χ1v) is 8.17. The number of thiocarbonyl (C=S) groups is 1. The van der Waals surface area contributed by atoms with Crippen molar-refractivity contribution in [1.82, 2.24) is 10.6 Å². The zero-order valence-corrected chi connectivity index (χ0v) is 14.5. The molecule has 0 aromatic heterocycles. The van der Waals surface area contributed by atoms with E-state index in [0.717, 1.165) is 15.1 Å². The van der Waals surface area contributed by atoms with Crippen molar-refractivity contribution in [3.63, 3.8) is 0 Å². The van der Waals surface area contributed by atoms with E-state index in [2.05, 4.69) is 45.6 Å². The quantitative estimate of drug-likeness (QED) is 0.747. The Kier molecular flexibility index (Phi) is 3.95. The standard InChI is InChI=1S/C16H14BrClN2S/c1-16(11-4-6-12(17)7-5-11)14(19-15(21)20-16)10-2-8-13(18)9-3-10/h2-9,14H,1H3,(H2,19,20,21). The molecule has 1 saturated heterocycles. The number of rotatable bonds is 2. The number of nitrogens with one attached hydrogen (secondary N) is 2. The molecule has 1 aliphatic heterocycles. The zero-order valence-electron chi connectivity index (χ0n) is 11.4. The van der Waals surface area contributed by atoms with E-state index in [1.54, 1.807) is 0 Å². The lowest BCUT2D eigenvalue weighted by Gasteiger charge is -2.31. The number of hydrogen-bond acceptors (Lipinski definition) is 1. The fraction of sp³-hybridized carbons (Fsp3) is 0.188. The molecule has 2 aromatic rings. The highest BCUT2D eigenvalue weighted by atomic mass is 79.9. The number of halogens is 2. The summed E-state index contributed by atoms with van der Waals surface area (Å²) in [6.07, 6.45) is 0. The van der Waals surface area contributed by atoms with Gasteiger partial charge in [-0.15, -0.1) is 0 Å². The van der Waals surface area contributed by atoms with Crippen molar-refractivity contribution >= 4 is 44.9 Å². The lowest BCUT2D eigenvalue weighted by atomic mass is 9.82. The first-order chi connectivity index (χ1) is 9.99. The van der Waals surface area contributed by atoms with Gasteiger partial charge in [0.2, 0.25) is 0 Å². The third-order valence-corrected chi connectivity index (χ3v) is 4.87. The van der Waals surface area contributed by atoms with Crippen LogP contribution < -0.4 is 10.6 Å². The van der Waals surface area contributed by atoms with Gasteiger partial charge in [0, 0.05) is 9.50 Å². The lowest BCUT2D eigenvalue weighted by molar-refractivity contribution is 0.379. The van der Waals surface area contributed by atoms with Crippen LogP contribution in [-0.4, -0.2) is 5.11 Å². The van der Waals surface area contributed by atoms with Crippen LogP contribution in [0.15, 0.2) is 53.0 Å². The van der Waals surface area contributed by atoms with Crippen LogP contribution in [0.1, 0.15) is 24.1 Å². The van der Waals surface area contributed by atoms with Gasteiger partial charge in [-0.3, -0.25) is 0 Å². The molecule has 0 radical (unpaired) electrons. The normalized spacial score (nSPS) is 24.5. The largest absolute Gasteiger partial charge is 0.353 e. The molecule has 0 bridgehead atoms. The van der Waals surface area contributed by atoms with Crippen molar-refractivity contribution in [2.24, 2.45) is 0 Å². The summed E-state index contributed by atoms with van der Waals surface area (Å²) >= 11 is 14.8. The Bertz CT molecular complexity index is 672. The Morgan fingerprint density at radius 1 is 1.10 bits per heavy atom. The predicted octanol–water partition coefficient (Wildman–Crippen LogP) is 4.54. The molecule has 3 rings (SSSR count). The molecule has 108 valence electrons. The average Bonchev–Trinajstić information content (AvgIpc) is 2.76. The molecule has 21 heavy (non-hydrogen) atoms. The van der Waals surface area contributed by atoms with Gasteiger partial charge in [0.1, 0.15) is 0 Å². The van der Waals surface area contributed by atoms with Gasteiger partial charge >= 0.3 is 0 Å². The van der Waals surface area contributed by atoms with Crippen molar-refractivity contribution < 1.29 is 0 Å². The average molecular weight is 382 g/mol. The van der Waals surface area contributed by atoms with Gasteiger partial charge in [-0.1, -0.05) is 51.8 Å². The molecule has 2 nitrogen and oxygen atoms in total. The molecule has 2 atom stereocenters. The van der Waals surface area contributed by atoms with Crippen LogP contribution in [-0.2, 0) is 5.54 Å². The van der Waals surface area contributed by atoms with Gasteiger partial charge in [-0.05, 0) is 54.5 Å². The smallest absolute Gasteiger partial charge is 0.167 e. The number of hydrogen-bond donors (Lipinski definition) is 2. The second-order valence-corrected chi connectivity index (χ2v) is 7.05. The molecule has 1 fully saturated rings. The van der Waals surface area contributed by atoms with Crippen LogP contribution in [0.5, 0.6) is 0 Å². The van der Waals surface area contributed by atoms with E-state index in [1.165, 1.54) is 5.56 Å². The summed E-state index contributed by atoms with van der Waals surface area (Å²) < 4.78 is 1.06. The first-order valence-electron chi connectivity index (χ1n) is 6.59. The van der Waals surface area contributed by atoms with Crippen molar-refractivity contribution in [3.05, 3.63) is 69.2 Å². The van der Waals surface area contributed by atoms with Gasteiger partial charge in [-0.25, -0.2) is 0 Å². The molecule has 0 saturated carbocycles. The van der Waals surface area contributed by atoms with Crippen LogP contribution >= 0.6 is 39.7 Å². The van der Waals surface area contributed by atoms with Crippen LogP contribution in [0.2, 0.25) is 5.02 Å². The van der Waals surface area contributed by atoms with Crippen molar-refractivity contribution in [2.45, 2.75) is 18.5 Å². The van der Waals surface area contributed by atoms with Crippen molar-refractivity contribution in [2.75, 3.05) is 0 Å². The minimum absolute atomic E-state index is 0.0587. The maximum atomic E-state index is 5.99. The number of benzene rings is 2. The van der Waals surface area contributed by atoms with Gasteiger partial charge < -0.3 is 10.6 Å². The second kappa shape index (κ2) is 5.59. The van der Waals surface area contributed by atoms with Crippen molar-refractivity contribution in [3.8, 4) is 0 Å². The maximum Gasteiger partial charge on any atom is 0.167 e. The predicted molar refractivity (Wildman–Crippen MR) is 94.6 cm³/mol. The van der Waals surface area contributed by atoms with E-state index in [4.69, 9.17) is 23.8 Å². The summed E-state index contributed by atoms with van der Waals surface area (Å²) in [5, 5.41) is 8.16. The fourth-order valence-electron chi connectivity index (χ4n) is 2.73.